The molecule has 0 saturated carbocycles. The molecule has 0 radical (unpaired) electrons. The van der Waals surface area contributed by atoms with E-state index in [2.05, 4.69) is 75.2 Å². The SMILES string of the molecule is CN(C)Cc1cccc(-c2cnc(OC3CCN(c4ccncc4)CC3)nc2)c1. The molecule has 29 heavy (non-hydrogen) atoms. The number of anilines is 1. The highest BCUT2D eigenvalue weighted by Crippen LogP contribution is 2.23. The zero-order valence-electron chi connectivity index (χ0n) is 17.0. The van der Waals surface area contributed by atoms with Crippen LogP contribution in [0, 0.1) is 0 Å². The number of nitrogens with zero attached hydrogens (tertiary/aromatic N) is 5. The quantitative estimate of drug-likeness (QED) is 0.641. The van der Waals surface area contributed by atoms with Crippen LogP contribution >= 0.6 is 0 Å². The molecule has 6 nitrogen and oxygen atoms in total. The summed E-state index contributed by atoms with van der Waals surface area (Å²) in [7, 11) is 4.15. The number of hydrogen-bond acceptors (Lipinski definition) is 6. The summed E-state index contributed by atoms with van der Waals surface area (Å²) in [6.07, 6.45) is 9.45. The van der Waals surface area contributed by atoms with E-state index in [1.165, 1.54) is 11.3 Å². The van der Waals surface area contributed by atoms with Crippen molar-refractivity contribution in [1.82, 2.24) is 19.9 Å². The zero-order valence-corrected chi connectivity index (χ0v) is 17.0. The lowest BCUT2D eigenvalue weighted by molar-refractivity contribution is 0.156. The molecule has 1 aromatic carbocycles. The lowest BCUT2D eigenvalue weighted by atomic mass is 10.1. The summed E-state index contributed by atoms with van der Waals surface area (Å²) in [5, 5.41) is 0. The van der Waals surface area contributed by atoms with Gasteiger partial charge < -0.3 is 14.5 Å². The maximum atomic E-state index is 6.04. The molecule has 0 aliphatic carbocycles. The molecule has 1 saturated heterocycles. The van der Waals surface area contributed by atoms with Crippen LogP contribution in [0.4, 0.5) is 5.69 Å². The third kappa shape index (κ3) is 5.09. The molecule has 0 unspecified atom stereocenters. The molecule has 150 valence electrons. The second kappa shape index (κ2) is 9.01. The number of hydrogen-bond donors (Lipinski definition) is 0. The van der Waals surface area contributed by atoms with Crippen LogP contribution in [0.5, 0.6) is 6.01 Å². The molecular weight excluding hydrogens is 362 g/mol. The Morgan fingerprint density at radius 1 is 1.00 bits per heavy atom. The Hall–Kier alpha value is -2.99. The van der Waals surface area contributed by atoms with Crippen LogP contribution in [0.3, 0.4) is 0 Å². The van der Waals surface area contributed by atoms with Gasteiger partial charge in [0.1, 0.15) is 6.10 Å². The monoisotopic (exact) mass is 389 g/mol. The summed E-state index contributed by atoms with van der Waals surface area (Å²) in [5.41, 5.74) is 4.62. The van der Waals surface area contributed by atoms with Crippen molar-refractivity contribution in [3.05, 3.63) is 66.7 Å². The van der Waals surface area contributed by atoms with E-state index in [1.54, 1.807) is 0 Å². The second-order valence-electron chi connectivity index (χ2n) is 7.70. The molecule has 0 spiro atoms. The summed E-state index contributed by atoms with van der Waals surface area (Å²) in [4.78, 5) is 17.5. The molecular formula is C23H27N5O. The molecule has 2 aromatic heterocycles. The van der Waals surface area contributed by atoms with E-state index in [-0.39, 0.29) is 6.10 Å². The Morgan fingerprint density at radius 2 is 1.72 bits per heavy atom. The Morgan fingerprint density at radius 3 is 2.41 bits per heavy atom. The molecule has 1 aliphatic rings. The van der Waals surface area contributed by atoms with Crippen LogP contribution in [0.15, 0.2) is 61.2 Å². The van der Waals surface area contributed by atoms with E-state index in [9.17, 15) is 0 Å². The average Bonchev–Trinajstić information content (AvgIpc) is 2.75. The predicted molar refractivity (Wildman–Crippen MR) is 115 cm³/mol. The minimum atomic E-state index is 0.155. The van der Waals surface area contributed by atoms with Gasteiger partial charge in [-0.1, -0.05) is 18.2 Å². The van der Waals surface area contributed by atoms with Crippen LogP contribution in [0.2, 0.25) is 0 Å². The summed E-state index contributed by atoms with van der Waals surface area (Å²) >= 11 is 0. The van der Waals surface area contributed by atoms with Crippen molar-refractivity contribution in [3.8, 4) is 17.1 Å². The topological polar surface area (TPSA) is 54.4 Å². The first-order valence-electron chi connectivity index (χ1n) is 10.0. The van der Waals surface area contributed by atoms with Crippen LogP contribution < -0.4 is 9.64 Å². The lowest BCUT2D eigenvalue weighted by Crippen LogP contribution is -2.38. The van der Waals surface area contributed by atoms with Crippen LogP contribution in [0.1, 0.15) is 18.4 Å². The van der Waals surface area contributed by atoms with E-state index in [0.717, 1.165) is 43.6 Å². The highest BCUT2D eigenvalue weighted by Gasteiger charge is 2.21. The van der Waals surface area contributed by atoms with Crippen molar-refractivity contribution >= 4 is 5.69 Å². The number of benzene rings is 1. The number of ether oxygens (including phenoxy) is 1. The van der Waals surface area contributed by atoms with Gasteiger partial charge in [-0.15, -0.1) is 0 Å². The van der Waals surface area contributed by atoms with Crippen LogP contribution in [-0.2, 0) is 6.54 Å². The Bertz CT molecular complexity index is 906. The van der Waals surface area contributed by atoms with Crippen LogP contribution in [0.25, 0.3) is 11.1 Å². The molecule has 0 bridgehead atoms. The minimum Gasteiger partial charge on any atom is -0.460 e. The molecule has 3 aromatic rings. The Labute approximate surface area is 172 Å². The third-order valence-corrected chi connectivity index (χ3v) is 5.13. The summed E-state index contributed by atoms with van der Waals surface area (Å²) in [6, 6.07) is 13.1. The third-order valence-electron chi connectivity index (χ3n) is 5.13. The fourth-order valence-corrected chi connectivity index (χ4v) is 3.68. The van der Waals surface area contributed by atoms with Crippen molar-refractivity contribution in [1.29, 1.82) is 0 Å². The summed E-state index contributed by atoms with van der Waals surface area (Å²) in [5.74, 6) is 0. The van der Waals surface area contributed by atoms with E-state index >= 15 is 0 Å². The van der Waals surface area contributed by atoms with E-state index in [0.29, 0.717) is 6.01 Å². The van der Waals surface area contributed by atoms with Crippen molar-refractivity contribution in [2.24, 2.45) is 0 Å². The average molecular weight is 390 g/mol. The highest BCUT2D eigenvalue weighted by atomic mass is 16.5. The van der Waals surface area contributed by atoms with Gasteiger partial charge in [0.05, 0.1) is 0 Å². The molecule has 0 atom stereocenters. The van der Waals surface area contributed by atoms with Gasteiger partial charge in [-0.2, -0.15) is 0 Å². The van der Waals surface area contributed by atoms with Crippen molar-refractivity contribution in [3.63, 3.8) is 0 Å². The van der Waals surface area contributed by atoms with Gasteiger partial charge >= 0.3 is 6.01 Å². The first-order chi connectivity index (χ1) is 14.2. The summed E-state index contributed by atoms with van der Waals surface area (Å²) < 4.78 is 6.04. The molecule has 6 heteroatoms. The lowest BCUT2D eigenvalue weighted by Gasteiger charge is -2.33. The van der Waals surface area contributed by atoms with Gasteiger partial charge in [0.15, 0.2) is 0 Å². The number of rotatable bonds is 6. The van der Waals surface area contributed by atoms with E-state index in [4.69, 9.17) is 4.74 Å². The van der Waals surface area contributed by atoms with E-state index in [1.807, 2.05) is 24.8 Å². The van der Waals surface area contributed by atoms with Crippen molar-refractivity contribution < 1.29 is 4.74 Å². The van der Waals surface area contributed by atoms with Gasteiger partial charge in [-0.25, -0.2) is 9.97 Å². The van der Waals surface area contributed by atoms with E-state index < -0.39 is 0 Å². The Kier molecular flexibility index (Phi) is 6.00. The molecule has 0 N–H and O–H groups in total. The number of piperidine rings is 1. The maximum absolute atomic E-state index is 6.04. The first kappa shape index (κ1) is 19.3. The van der Waals surface area contributed by atoms with Gasteiger partial charge in [0.2, 0.25) is 0 Å². The van der Waals surface area contributed by atoms with Crippen molar-refractivity contribution in [2.45, 2.75) is 25.5 Å². The zero-order chi connectivity index (χ0) is 20.1. The first-order valence-corrected chi connectivity index (χ1v) is 10.0. The second-order valence-corrected chi connectivity index (χ2v) is 7.70. The fraction of sp³-hybridized carbons (Fsp3) is 0.348. The highest BCUT2D eigenvalue weighted by molar-refractivity contribution is 5.62. The fourth-order valence-electron chi connectivity index (χ4n) is 3.68. The smallest absolute Gasteiger partial charge is 0.316 e. The van der Waals surface area contributed by atoms with Gasteiger partial charge in [0, 0.05) is 68.5 Å². The standard InChI is InChI=1S/C23H27N5O/c1-27(2)17-18-4-3-5-19(14-18)20-15-25-23(26-16-20)29-22-8-12-28(13-9-22)21-6-10-24-11-7-21/h3-7,10-11,14-16,22H,8-9,12-13,17H2,1-2H3. The normalized spacial score (nSPS) is 14.9. The number of pyridine rings is 1. The molecule has 1 fully saturated rings. The molecule has 4 rings (SSSR count). The van der Waals surface area contributed by atoms with Gasteiger partial charge in [0.25, 0.3) is 0 Å². The number of aromatic nitrogens is 3. The molecule has 0 amide bonds. The largest absolute Gasteiger partial charge is 0.460 e. The Balaban J connectivity index is 1.34. The van der Waals surface area contributed by atoms with Gasteiger partial charge in [-0.05, 0) is 43.4 Å². The minimum absolute atomic E-state index is 0.155. The summed E-state index contributed by atoms with van der Waals surface area (Å²) in [6.45, 7) is 2.84. The van der Waals surface area contributed by atoms with Crippen molar-refractivity contribution in [2.75, 3.05) is 32.1 Å². The molecule has 1 aliphatic heterocycles. The predicted octanol–water partition coefficient (Wildman–Crippen LogP) is 3.65. The van der Waals surface area contributed by atoms with Crippen LogP contribution in [-0.4, -0.2) is 53.1 Å². The molecule has 3 heterocycles. The maximum Gasteiger partial charge on any atom is 0.316 e. The van der Waals surface area contributed by atoms with Gasteiger partial charge in [-0.3, -0.25) is 4.98 Å².